The lowest BCUT2D eigenvalue weighted by atomic mass is 9.50. The number of benzene rings is 7. The van der Waals surface area contributed by atoms with Gasteiger partial charge in [0.25, 0.3) is 0 Å². The number of hydrogen-bond donors (Lipinski definition) is 1. The first-order valence-corrected chi connectivity index (χ1v) is 17.2. The topological polar surface area (TPSA) is 12.0 Å². The van der Waals surface area contributed by atoms with Crippen LogP contribution < -0.4 is 16.2 Å². The lowest BCUT2D eigenvalue weighted by Gasteiger charge is -2.43. The van der Waals surface area contributed by atoms with Crippen molar-refractivity contribution in [1.82, 2.24) is 0 Å². The maximum atomic E-state index is 4.01. The Hall–Kier alpha value is -5.60. The second-order valence-electron chi connectivity index (χ2n) is 13.7. The summed E-state index contributed by atoms with van der Waals surface area (Å²) in [5.41, 5.74) is 21.2. The van der Waals surface area contributed by atoms with Crippen LogP contribution in [-0.2, 0) is 11.8 Å². The van der Waals surface area contributed by atoms with Gasteiger partial charge in [0.2, 0.25) is 0 Å². The van der Waals surface area contributed by atoms with Crippen LogP contribution in [0.3, 0.4) is 0 Å². The van der Waals surface area contributed by atoms with E-state index in [-0.39, 0.29) is 0 Å². The van der Waals surface area contributed by atoms with Crippen LogP contribution in [0, 0.1) is 6.92 Å². The molecule has 7 aromatic carbocycles. The fourth-order valence-corrected chi connectivity index (χ4v) is 9.33. The highest BCUT2D eigenvalue weighted by Gasteiger charge is 2.45. The summed E-state index contributed by atoms with van der Waals surface area (Å²) in [6.45, 7) is 2.28. The van der Waals surface area contributed by atoms with Gasteiger partial charge >= 0.3 is 0 Å². The first-order valence-electron chi connectivity index (χ1n) is 17.2. The number of nitrogens with one attached hydrogen (secondary N) is 1. The predicted molar refractivity (Wildman–Crippen MR) is 202 cm³/mol. The molecular formula is C46H34BN. The SMILES string of the molecule is Cc1cc(-c2cccc3c2Nc2ccccc2C3(c2ccccc2)c2ccccc2)c2c(c1)C1Cc3ccccc3-c3cccc(c31)B2. The molecular weight excluding hydrogens is 577 g/mol. The predicted octanol–water partition coefficient (Wildman–Crippen LogP) is 9.16. The maximum Gasteiger partial charge on any atom is 0.193 e. The summed E-state index contributed by atoms with van der Waals surface area (Å²) < 4.78 is 0. The van der Waals surface area contributed by atoms with Gasteiger partial charge < -0.3 is 5.32 Å². The van der Waals surface area contributed by atoms with Crippen molar-refractivity contribution in [3.05, 3.63) is 202 Å². The van der Waals surface area contributed by atoms with Crippen molar-refractivity contribution in [2.24, 2.45) is 0 Å². The second-order valence-corrected chi connectivity index (χ2v) is 13.7. The Labute approximate surface area is 283 Å². The normalized spacial score (nSPS) is 15.8. The molecule has 0 amide bonds. The van der Waals surface area contributed by atoms with Crippen LogP contribution >= 0.6 is 0 Å². The fourth-order valence-electron chi connectivity index (χ4n) is 9.33. The third kappa shape index (κ3) is 3.81. The number of rotatable bonds is 3. The van der Waals surface area contributed by atoms with Gasteiger partial charge in [-0.15, -0.1) is 0 Å². The quantitative estimate of drug-likeness (QED) is 0.197. The summed E-state index contributed by atoms with van der Waals surface area (Å²) in [6, 6.07) is 59.0. The van der Waals surface area contributed by atoms with Crippen LogP contribution in [0.4, 0.5) is 11.4 Å². The lowest BCUT2D eigenvalue weighted by molar-refractivity contribution is 0.741. The molecule has 1 nitrogen and oxygen atoms in total. The Morgan fingerprint density at radius 2 is 1.23 bits per heavy atom. The summed E-state index contributed by atoms with van der Waals surface area (Å²) in [6.07, 6.45) is 1.04. The first-order chi connectivity index (χ1) is 23.7. The molecule has 0 saturated heterocycles. The van der Waals surface area contributed by atoms with Crippen molar-refractivity contribution in [2.75, 3.05) is 5.32 Å². The highest BCUT2D eigenvalue weighted by Crippen LogP contribution is 2.55. The van der Waals surface area contributed by atoms with Gasteiger partial charge in [0.05, 0.1) is 11.1 Å². The molecule has 0 saturated carbocycles. The van der Waals surface area contributed by atoms with E-state index >= 15 is 0 Å². The van der Waals surface area contributed by atoms with E-state index < -0.39 is 5.41 Å². The van der Waals surface area contributed by atoms with Crippen molar-refractivity contribution in [3.8, 4) is 22.3 Å². The van der Waals surface area contributed by atoms with Crippen LogP contribution in [0.2, 0.25) is 0 Å². The standard InChI is InChI=1S/C46H34BN/c1-29-26-37(44-38(27-29)36-28-30-14-8-9-19-33(30)34-20-13-24-41(47-44)43(34)36)35-21-12-23-40-45(35)48-42-25-11-10-22-39(42)46(40,31-15-4-2-5-16-31)32-17-6-3-7-18-32/h2-27,36,47-48H,28H2,1H3. The minimum absolute atomic E-state index is 0.356. The summed E-state index contributed by atoms with van der Waals surface area (Å²) in [5.74, 6) is 0.356. The van der Waals surface area contributed by atoms with E-state index in [1.807, 2.05) is 0 Å². The number of para-hydroxylation sites is 2. The number of fused-ring (bicyclic) bond motifs is 6. The molecule has 0 fully saturated rings. The molecule has 1 aliphatic carbocycles. The Morgan fingerprint density at radius 3 is 2.04 bits per heavy atom. The van der Waals surface area contributed by atoms with E-state index in [0.29, 0.717) is 5.92 Å². The Balaban J connectivity index is 1.25. The maximum absolute atomic E-state index is 4.01. The van der Waals surface area contributed by atoms with Crippen LogP contribution in [0.15, 0.2) is 158 Å². The zero-order valence-corrected chi connectivity index (χ0v) is 27.0. The summed E-state index contributed by atoms with van der Waals surface area (Å²) in [7, 11) is 0.940. The third-order valence-electron chi connectivity index (χ3n) is 11.2. The number of hydrogen-bond acceptors (Lipinski definition) is 1. The molecule has 48 heavy (non-hydrogen) atoms. The molecule has 2 aliphatic heterocycles. The molecule has 2 heterocycles. The van der Waals surface area contributed by atoms with Gasteiger partial charge in [-0.25, -0.2) is 0 Å². The molecule has 2 heteroatoms. The van der Waals surface area contributed by atoms with Gasteiger partial charge in [-0.1, -0.05) is 168 Å². The van der Waals surface area contributed by atoms with Crippen molar-refractivity contribution in [3.63, 3.8) is 0 Å². The van der Waals surface area contributed by atoms with Crippen LogP contribution in [0.25, 0.3) is 22.3 Å². The molecule has 1 N–H and O–H groups in total. The molecule has 226 valence electrons. The van der Waals surface area contributed by atoms with Crippen LogP contribution in [-0.4, -0.2) is 7.28 Å². The van der Waals surface area contributed by atoms with E-state index in [1.165, 1.54) is 83.4 Å². The van der Waals surface area contributed by atoms with E-state index in [4.69, 9.17) is 0 Å². The number of aryl methyl sites for hydroxylation is 1. The Bertz CT molecular complexity index is 2350. The smallest absolute Gasteiger partial charge is 0.193 e. The average molecular weight is 612 g/mol. The van der Waals surface area contributed by atoms with Crippen molar-refractivity contribution in [1.29, 1.82) is 0 Å². The molecule has 0 radical (unpaired) electrons. The van der Waals surface area contributed by atoms with Gasteiger partial charge in [-0.05, 0) is 75.0 Å². The van der Waals surface area contributed by atoms with Gasteiger partial charge in [0.15, 0.2) is 7.28 Å². The van der Waals surface area contributed by atoms with Gasteiger partial charge in [0, 0.05) is 17.2 Å². The summed E-state index contributed by atoms with van der Waals surface area (Å²) in [4.78, 5) is 0. The Kier molecular flexibility index (Phi) is 5.99. The molecule has 0 aromatic heterocycles. The minimum atomic E-state index is -0.478. The van der Waals surface area contributed by atoms with E-state index in [0.717, 1.165) is 19.4 Å². The van der Waals surface area contributed by atoms with E-state index in [9.17, 15) is 0 Å². The zero-order valence-electron chi connectivity index (χ0n) is 27.0. The largest absolute Gasteiger partial charge is 0.354 e. The molecule has 0 bridgehead atoms. The highest BCUT2D eigenvalue weighted by atomic mass is 14.9. The number of anilines is 2. The lowest BCUT2D eigenvalue weighted by Crippen LogP contribution is -2.42. The zero-order chi connectivity index (χ0) is 31.8. The Morgan fingerprint density at radius 1 is 0.583 bits per heavy atom. The van der Waals surface area contributed by atoms with Gasteiger partial charge in [-0.2, -0.15) is 0 Å². The monoisotopic (exact) mass is 611 g/mol. The van der Waals surface area contributed by atoms with Gasteiger partial charge in [0.1, 0.15) is 0 Å². The van der Waals surface area contributed by atoms with E-state index in [1.54, 1.807) is 0 Å². The van der Waals surface area contributed by atoms with Crippen molar-refractivity contribution in [2.45, 2.75) is 24.7 Å². The molecule has 0 spiro atoms. The average Bonchev–Trinajstić information content (AvgIpc) is 3.14. The molecule has 7 aromatic rings. The van der Waals surface area contributed by atoms with Crippen molar-refractivity contribution < 1.29 is 0 Å². The van der Waals surface area contributed by atoms with Crippen LogP contribution in [0.5, 0.6) is 0 Å². The molecule has 10 rings (SSSR count). The molecule has 3 aliphatic rings. The third-order valence-corrected chi connectivity index (χ3v) is 11.2. The van der Waals surface area contributed by atoms with Crippen molar-refractivity contribution >= 4 is 29.6 Å². The van der Waals surface area contributed by atoms with E-state index in [2.05, 4.69) is 170 Å². The summed E-state index contributed by atoms with van der Waals surface area (Å²) in [5, 5.41) is 4.01. The molecule has 1 atom stereocenters. The van der Waals surface area contributed by atoms with Crippen LogP contribution in [0.1, 0.15) is 50.4 Å². The minimum Gasteiger partial charge on any atom is -0.354 e. The first kappa shape index (κ1) is 27.5. The highest BCUT2D eigenvalue weighted by molar-refractivity contribution is 6.70. The molecule has 1 unspecified atom stereocenters. The second kappa shape index (κ2) is 10.5. The van der Waals surface area contributed by atoms with Gasteiger partial charge in [-0.3, -0.25) is 0 Å². The summed E-state index contributed by atoms with van der Waals surface area (Å²) >= 11 is 0. The fraction of sp³-hybridized carbons (Fsp3) is 0.0870.